The molecule has 0 aliphatic heterocycles. The van der Waals surface area contributed by atoms with Crippen molar-refractivity contribution in [1.29, 1.82) is 0 Å². The van der Waals surface area contributed by atoms with Crippen LogP contribution in [0.5, 0.6) is 5.88 Å². The Morgan fingerprint density at radius 1 is 1.25 bits per heavy atom. The number of carbonyl (C=O) groups excluding carboxylic acids is 2. The van der Waals surface area contributed by atoms with Crippen molar-refractivity contribution in [2.24, 2.45) is 16.9 Å². The fourth-order valence-electron chi connectivity index (χ4n) is 2.48. The minimum Gasteiger partial charge on any atom is -0.481 e. The Kier molecular flexibility index (Phi) is 6.34. The fourth-order valence-corrected chi connectivity index (χ4v) is 2.48. The van der Waals surface area contributed by atoms with Gasteiger partial charge in [-0.1, -0.05) is 20.8 Å². The number of anilines is 3. The summed E-state index contributed by atoms with van der Waals surface area (Å²) in [6.45, 7) is 5.99. The molecule has 2 rings (SSSR count). The number of hydrogen-bond donors (Lipinski definition) is 4. The van der Waals surface area contributed by atoms with E-state index in [9.17, 15) is 9.59 Å². The summed E-state index contributed by atoms with van der Waals surface area (Å²) in [7, 11) is 1.49. The van der Waals surface area contributed by atoms with Crippen molar-refractivity contribution in [3.63, 3.8) is 0 Å². The SMILES string of the molecule is COc1cc(Nc2nc(NC(CC(C)(C)C)C(N)=O)cnc2C(N)=O)ccn1. The maximum atomic E-state index is 11.8. The van der Waals surface area contributed by atoms with Crippen molar-refractivity contribution in [3.8, 4) is 5.88 Å². The Morgan fingerprint density at radius 3 is 2.54 bits per heavy atom. The van der Waals surface area contributed by atoms with Gasteiger partial charge in [0.05, 0.1) is 13.3 Å². The molecule has 10 heteroatoms. The first-order valence-electron chi connectivity index (χ1n) is 8.59. The number of pyridine rings is 1. The van der Waals surface area contributed by atoms with Crippen molar-refractivity contribution in [2.45, 2.75) is 33.2 Å². The van der Waals surface area contributed by atoms with Crippen LogP contribution < -0.4 is 26.8 Å². The highest BCUT2D eigenvalue weighted by Gasteiger charge is 2.24. The Labute approximate surface area is 163 Å². The van der Waals surface area contributed by atoms with Gasteiger partial charge < -0.3 is 26.8 Å². The molecule has 0 saturated heterocycles. The van der Waals surface area contributed by atoms with Gasteiger partial charge in [-0.15, -0.1) is 0 Å². The van der Waals surface area contributed by atoms with Gasteiger partial charge in [-0.3, -0.25) is 9.59 Å². The van der Waals surface area contributed by atoms with Crippen LogP contribution >= 0.6 is 0 Å². The number of methoxy groups -OCH3 is 1. The lowest BCUT2D eigenvalue weighted by molar-refractivity contribution is -0.119. The number of aromatic nitrogens is 3. The average Bonchev–Trinajstić information content (AvgIpc) is 2.60. The van der Waals surface area contributed by atoms with Crippen molar-refractivity contribution in [3.05, 3.63) is 30.2 Å². The number of primary amides is 2. The summed E-state index contributed by atoms with van der Waals surface area (Å²) in [6, 6.07) is 2.64. The van der Waals surface area contributed by atoms with E-state index >= 15 is 0 Å². The van der Waals surface area contributed by atoms with Crippen molar-refractivity contribution >= 4 is 29.1 Å². The number of nitrogens with two attached hydrogens (primary N) is 2. The second-order valence-electron chi connectivity index (χ2n) is 7.39. The van der Waals surface area contributed by atoms with E-state index in [2.05, 4.69) is 25.6 Å². The molecule has 0 aliphatic rings. The minimum absolute atomic E-state index is 0.0484. The Morgan fingerprint density at radius 2 is 1.96 bits per heavy atom. The number of nitrogens with one attached hydrogen (secondary N) is 2. The molecule has 0 bridgehead atoms. The maximum Gasteiger partial charge on any atom is 0.271 e. The first-order valence-corrected chi connectivity index (χ1v) is 8.59. The van der Waals surface area contributed by atoms with Crippen molar-refractivity contribution in [2.75, 3.05) is 17.7 Å². The molecule has 0 radical (unpaired) electrons. The van der Waals surface area contributed by atoms with Crippen LogP contribution in [-0.2, 0) is 4.79 Å². The van der Waals surface area contributed by atoms with E-state index in [1.165, 1.54) is 19.5 Å². The van der Waals surface area contributed by atoms with Crippen LogP contribution in [0.2, 0.25) is 0 Å². The molecule has 0 spiro atoms. The maximum absolute atomic E-state index is 11.8. The number of ether oxygens (including phenoxy) is 1. The summed E-state index contributed by atoms with van der Waals surface area (Å²) in [6.07, 6.45) is 3.36. The lowest BCUT2D eigenvalue weighted by Gasteiger charge is -2.25. The normalized spacial score (nSPS) is 12.1. The van der Waals surface area contributed by atoms with E-state index in [0.717, 1.165) is 0 Å². The molecule has 150 valence electrons. The lowest BCUT2D eigenvalue weighted by atomic mass is 9.88. The number of amides is 2. The van der Waals surface area contributed by atoms with Gasteiger partial charge in [0.1, 0.15) is 11.9 Å². The molecule has 2 amide bonds. The van der Waals surface area contributed by atoms with Gasteiger partial charge in [-0.2, -0.15) is 0 Å². The van der Waals surface area contributed by atoms with Gasteiger partial charge in [-0.05, 0) is 17.9 Å². The highest BCUT2D eigenvalue weighted by molar-refractivity contribution is 5.96. The molecule has 2 heterocycles. The number of carbonyl (C=O) groups is 2. The molecule has 1 unspecified atom stereocenters. The van der Waals surface area contributed by atoms with E-state index in [-0.39, 0.29) is 22.7 Å². The Balaban J connectivity index is 2.33. The number of rotatable bonds is 8. The molecule has 0 aliphatic carbocycles. The topological polar surface area (TPSA) is 158 Å². The standard InChI is InChI=1S/C18H25N7O3/c1-18(2,3)8-11(15(19)26)24-12-9-22-14(16(20)27)17(25-12)23-10-5-6-21-13(7-10)28-4/h5-7,9,11H,8H2,1-4H3,(H2,19,26)(H2,20,27)(H2,21,23,24,25). The van der Waals surface area contributed by atoms with E-state index in [1.54, 1.807) is 12.1 Å². The van der Waals surface area contributed by atoms with E-state index in [1.807, 2.05) is 20.8 Å². The highest BCUT2D eigenvalue weighted by atomic mass is 16.5. The van der Waals surface area contributed by atoms with Crippen LogP contribution in [0, 0.1) is 5.41 Å². The second-order valence-corrected chi connectivity index (χ2v) is 7.39. The molecular weight excluding hydrogens is 362 g/mol. The van der Waals surface area contributed by atoms with E-state index in [4.69, 9.17) is 16.2 Å². The zero-order valence-corrected chi connectivity index (χ0v) is 16.3. The summed E-state index contributed by atoms with van der Waals surface area (Å²) in [5, 5.41) is 5.94. The third-order valence-electron chi connectivity index (χ3n) is 3.69. The smallest absolute Gasteiger partial charge is 0.271 e. The van der Waals surface area contributed by atoms with Crippen molar-refractivity contribution in [1.82, 2.24) is 15.0 Å². The minimum atomic E-state index is -0.747. The van der Waals surface area contributed by atoms with Gasteiger partial charge in [0, 0.05) is 18.0 Å². The Bertz CT molecular complexity index is 864. The van der Waals surface area contributed by atoms with Gasteiger partial charge in [-0.25, -0.2) is 15.0 Å². The molecule has 10 nitrogen and oxygen atoms in total. The molecule has 0 saturated carbocycles. The van der Waals surface area contributed by atoms with E-state index in [0.29, 0.717) is 18.0 Å². The van der Waals surface area contributed by atoms with Crippen LogP contribution in [0.25, 0.3) is 0 Å². The van der Waals surface area contributed by atoms with Gasteiger partial charge in [0.2, 0.25) is 11.8 Å². The van der Waals surface area contributed by atoms with Crippen LogP contribution in [0.1, 0.15) is 37.7 Å². The quantitative estimate of drug-likeness (QED) is 0.529. The summed E-state index contributed by atoms with van der Waals surface area (Å²) in [4.78, 5) is 35.9. The van der Waals surface area contributed by atoms with Crippen LogP contribution in [0.15, 0.2) is 24.5 Å². The molecule has 2 aromatic rings. The Hall–Kier alpha value is -3.43. The third-order valence-corrected chi connectivity index (χ3v) is 3.69. The second kappa shape index (κ2) is 8.51. The van der Waals surface area contributed by atoms with E-state index < -0.39 is 17.9 Å². The van der Waals surface area contributed by atoms with Gasteiger partial charge in [0.25, 0.3) is 5.91 Å². The molecule has 2 aromatic heterocycles. The number of nitrogens with zero attached hydrogens (tertiary/aromatic N) is 3. The fraction of sp³-hybridized carbons (Fsp3) is 0.389. The summed E-state index contributed by atoms with van der Waals surface area (Å²) >= 11 is 0. The first kappa shape index (κ1) is 20.9. The van der Waals surface area contributed by atoms with Crippen LogP contribution in [-0.4, -0.2) is 39.9 Å². The summed E-state index contributed by atoms with van der Waals surface area (Å²) < 4.78 is 5.08. The molecule has 0 aromatic carbocycles. The largest absolute Gasteiger partial charge is 0.481 e. The zero-order valence-electron chi connectivity index (χ0n) is 16.3. The predicted molar refractivity (Wildman–Crippen MR) is 105 cm³/mol. The molecule has 0 fully saturated rings. The van der Waals surface area contributed by atoms with Crippen molar-refractivity contribution < 1.29 is 14.3 Å². The average molecular weight is 387 g/mol. The number of hydrogen-bond acceptors (Lipinski definition) is 8. The first-order chi connectivity index (χ1) is 13.1. The molecular formula is C18H25N7O3. The summed E-state index contributed by atoms with van der Waals surface area (Å²) in [5.41, 5.74) is 11.3. The zero-order chi connectivity index (χ0) is 20.9. The van der Waals surface area contributed by atoms with Gasteiger partial charge >= 0.3 is 0 Å². The van der Waals surface area contributed by atoms with Gasteiger partial charge in [0.15, 0.2) is 11.5 Å². The predicted octanol–water partition coefficient (Wildman–Crippen LogP) is 1.42. The molecule has 1 atom stereocenters. The van der Waals surface area contributed by atoms with Crippen LogP contribution in [0.3, 0.4) is 0 Å². The monoisotopic (exact) mass is 387 g/mol. The lowest BCUT2D eigenvalue weighted by Crippen LogP contribution is -2.38. The summed E-state index contributed by atoms with van der Waals surface area (Å²) in [5.74, 6) is -0.467. The van der Waals surface area contributed by atoms with Crippen LogP contribution in [0.4, 0.5) is 17.3 Å². The third kappa shape index (κ3) is 5.79. The highest BCUT2D eigenvalue weighted by Crippen LogP contribution is 2.24. The molecule has 28 heavy (non-hydrogen) atoms. The molecule has 6 N–H and O–H groups in total.